The summed E-state index contributed by atoms with van der Waals surface area (Å²) in [6.45, 7) is 0.976. The van der Waals surface area contributed by atoms with Gasteiger partial charge in [0.2, 0.25) is 11.9 Å². The molecule has 1 aromatic carbocycles. The lowest BCUT2D eigenvalue weighted by atomic mass is 9.81. The third-order valence-electron chi connectivity index (χ3n) is 7.86. The number of carboxylic acid groups (broad SMARTS) is 1. The van der Waals surface area contributed by atoms with E-state index in [9.17, 15) is 60.7 Å². The van der Waals surface area contributed by atoms with Crippen molar-refractivity contribution in [3.63, 3.8) is 0 Å². The SMILES string of the molecule is CCC(C)[C@](O[C@@H]1O[C@H](CO)[C@@H](O)[C@H](O)[C@H]1O)(C(=O)OCc1ccc(O[C@@H]2O[C@H](CO)[C@@H](O)[C@H](O)[C@H]2O)cc1)C(O)C(=O)O. The van der Waals surface area contributed by atoms with E-state index in [0.717, 1.165) is 0 Å². The van der Waals surface area contributed by atoms with Crippen LogP contribution in [-0.2, 0) is 35.1 Å². The third-order valence-corrected chi connectivity index (χ3v) is 7.86. The van der Waals surface area contributed by atoms with Gasteiger partial charge in [0, 0.05) is 0 Å². The molecule has 0 bridgehead atoms. The van der Waals surface area contributed by atoms with Gasteiger partial charge in [-0.1, -0.05) is 32.4 Å². The molecule has 0 spiro atoms. The number of hydrogen-bond donors (Lipinski definition) is 10. The largest absolute Gasteiger partial charge is 0.479 e. The van der Waals surface area contributed by atoms with Gasteiger partial charge in [0.1, 0.15) is 61.2 Å². The summed E-state index contributed by atoms with van der Waals surface area (Å²) >= 11 is 0. The second-order valence-electron chi connectivity index (χ2n) is 10.7. The number of carbonyl (C=O) groups excluding carboxylic acids is 1. The fourth-order valence-corrected chi connectivity index (χ4v) is 4.88. The molecule has 0 amide bonds. The topological polar surface area (TPSA) is 283 Å². The first-order valence-corrected chi connectivity index (χ1v) is 13.9. The molecule has 2 saturated heterocycles. The maximum Gasteiger partial charge on any atom is 0.342 e. The van der Waals surface area contributed by atoms with Crippen LogP contribution in [0, 0.1) is 5.92 Å². The molecule has 2 heterocycles. The van der Waals surface area contributed by atoms with E-state index in [1.54, 1.807) is 6.92 Å². The third kappa shape index (κ3) is 7.30. The van der Waals surface area contributed by atoms with Gasteiger partial charge in [-0.3, -0.25) is 0 Å². The first-order chi connectivity index (χ1) is 20.7. The number of carbonyl (C=O) groups is 2. The normalized spacial score (nSPS) is 35.2. The van der Waals surface area contributed by atoms with Crippen LogP contribution in [0.2, 0.25) is 0 Å². The molecule has 17 heteroatoms. The molecule has 10 N–H and O–H groups in total. The standard InChI is InChI=1S/C27H40O17/c1-3-11(2)27(22(36)23(37)38,44-25-21(35)19(33)17(31)15(9-29)43-25)26(39)40-10-12-4-6-13(7-5-12)41-24-20(34)18(32)16(30)14(8-28)42-24/h4-7,11,14-22,24-25,28-36H,3,8-10H2,1-2H3,(H,37,38)/t11?,14-,15-,16-,17-,18+,19+,20-,21-,22?,24-,25+,27-/m1/s1. The summed E-state index contributed by atoms with van der Waals surface area (Å²) in [6.07, 6.45) is -19.1. The van der Waals surface area contributed by atoms with E-state index in [4.69, 9.17) is 23.7 Å². The Balaban J connectivity index is 1.78. The van der Waals surface area contributed by atoms with E-state index in [1.807, 2.05) is 0 Å². The number of rotatable bonds is 13. The van der Waals surface area contributed by atoms with Crippen LogP contribution in [0.1, 0.15) is 25.8 Å². The highest BCUT2D eigenvalue weighted by Crippen LogP contribution is 2.36. The summed E-state index contributed by atoms with van der Waals surface area (Å²) in [4.78, 5) is 25.5. The number of carboxylic acids is 1. The summed E-state index contributed by atoms with van der Waals surface area (Å²) < 4.78 is 27.1. The van der Waals surface area contributed by atoms with Crippen molar-refractivity contribution >= 4 is 11.9 Å². The molecular weight excluding hydrogens is 596 g/mol. The minimum atomic E-state index is -2.69. The smallest absolute Gasteiger partial charge is 0.342 e. The number of hydrogen-bond acceptors (Lipinski definition) is 16. The number of esters is 1. The van der Waals surface area contributed by atoms with E-state index in [1.165, 1.54) is 31.2 Å². The van der Waals surface area contributed by atoms with Gasteiger partial charge in [-0.25, -0.2) is 9.59 Å². The van der Waals surface area contributed by atoms with Crippen LogP contribution >= 0.6 is 0 Å². The van der Waals surface area contributed by atoms with Crippen LogP contribution < -0.4 is 4.74 Å². The predicted octanol–water partition coefficient (Wildman–Crippen LogP) is -4.04. The molecule has 3 rings (SSSR count). The predicted molar refractivity (Wildman–Crippen MR) is 141 cm³/mol. The lowest BCUT2D eigenvalue weighted by molar-refractivity contribution is -0.338. The second kappa shape index (κ2) is 15.2. The molecule has 1 aromatic rings. The fraction of sp³-hybridized carbons (Fsp3) is 0.704. The molecule has 2 aliphatic heterocycles. The molecule has 2 fully saturated rings. The number of aliphatic hydroxyl groups excluding tert-OH is 9. The highest BCUT2D eigenvalue weighted by Gasteiger charge is 2.59. The highest BCUT2D eigenvalue weighted by molar-refractivity contribution is 5.89. The zero-order valence-electron chi connectivity index (χ0n) is 23.9. The zero-order chi connectivity index (χ0) is 32.9. The summed E-state index contributed by atoms with van der Waals surface area (Å²) in [5.41, 5.74) is -2.37. The molecule has 44 heavy (non-hydrogen) atoms. The van der Waals surface area contributed by atoms with Crippen molar-refractivity contribution in [1.82, 2.24) is 0 Å². The number of aliphatic hydroxyl groups is 9. The lowest BCUT2D eigenvalue weighted by Crippen LogP contribution is -2.66. The maximum absolute atomic E-state index is 13.5. The molecule has 0 saturated carbocycles. The van der Waals surface area contributed by atoms with Crippen molar-refractivity contribution in [2.75, 3.05) is 13.2 Å². The molecule has 0 radical (unpaired) electrons. The van der Waals surface area contributed by atoms with Crippen LogP contribution in [0.25, 0.3) is 0 Å². The molecule has 0 aliphatic carbocycles. The van der Waals surface area contributed by atoms with Gasteiger partial charge >= 0.3 is 11.9 Å². The van der Waals surface area contributed by atoms with Crippen molar-refractivity contribution in [2.24, 2.45) is 5.92 Å². The Morgan fingerprint density at radius 3 is 1.82 bits per heavy atom. The number of benzene rings is 1. The van der Waals surface area contributed by atoms with Gasteiger partial charge in [-0.15, -0.1) is 0 Å². The van der Waals surface area contributed by atoms with Crippen LogP contribution in [-0.4, -0.2) is 149 Å². The van der Waals surface area contributed by atoms with Crippen LogP contribution in [0.3, 0.4) is 0 Å². The van der Waals surface area contributed by atoms with Gasteiger partial charge in [0.05, 0.1) is 13.2 Å². The molecule has 13 atom stereocenters. The Kier molecular flexibility index (Phi) is 12.4. The highest BCUT2D eigenvalue weighted by atomic mass is 16.7. The quantitative estimate of drug-likeness (QED) is 0.0922. The van der Waals surface area contributed by atoms with Crippen molar-refractivity contribution in [3.8, 4) is 5.75 Å². The van der Waals surface area contributed by atoms with E-state index < -0.39 is 111 Å². The monoisotopic (exact) mass is 636 g/mol. The van der Waals surface area contributed by atoms with E-state index >= 15 is 0 Å². The Labute approximate surface area is 251 Å². The lowest BCUT2D eigenvalue weighted by Gasteiger charge is -2.45. The minimum Gasteiger partial charge on any atom is -0.479 e. The van der Waals surface area contributed by atoms with Gasteiger partial charge in [0.25, 0.3) is 0 Å². The minimum absolute atomic E-state index is 0.0564. The Morgan fingerprint density at radius 1 is 0.841 bits per heavy atom. The summed E-state index contributed by atoms with van der Waals surface area (Å²) in [5, 5.41) is 99.9. The molecular formula is C27H40O17. The van der Waals surface area contributed by atoms with Crippen LogP contribution in [0.5, 0.6) is 5.75 Å². The molecule has 250 valence electrons. The average Bonchev–Trinajstić information content (AvgIpc) is 3.02. The Bertz CT molecular complexity index is 1080. The Morgan fingerprint density at radius 2 is 1.34 bits per heavy atom. The molecule has 17 nitrogen and oxygen atoms in total. The maximum atomic E-state index is 13.5. The van der Waals surface area contributed by atoms with Crippen molar-refractivity contribution in [3.05, 3.63) is 29.8 Å². The van der Waals surface area contributed by atoms with Crippen molar-refractivity contribution in [2.45, 2.75) is 100.0 Å². The van der Waals surface area contributed by atoms with Crippen molar-refractivity contribution < 1.29 is 84.3 Å². The molecule has 2 aliphatic rings. The van der Waals surface area contributed by atoms with Crippen molar-refractivity contribution in [1.29, 1.82) is 0 Å². The van der Waals surface area contributed by atoms with Crippen LogP contribution in [0.15, 0.2) is 24.3 Å². The first-order valence-electron chi connectivity index (χ1n) is 13.9. The number of aliphatic carboxylic acids is 1. The summed E-state index contributed by atoms with van der Waals surface area (Å²) in [5.74, 6) is -4.20. The van der Waals surface area contributed by atoms with Gasteiger partial charge in [-0.05, 0) is 23.6 Å². The van der Waals surface area contributed by atoms with Gasteiger partial charge in [-0.2, -0.15) is 0 Å². The first kappa shape index (κ1) is 36.0. The van der Waals surface area contributed by atoms with E-state index in [2.05, 4.69) is 0 Å². The Hall–Kier alpha value is -2.52. The summed E-state index contributed by atoms with van der Waals surface area (Å²) in [7, 11) is 0. The zero-order valence-corrected chi connectivity index (χ0v) is 23.9. The van der Waals surface area contributed by atoms with Crippen LogP contribution in [0.4, 0.5) is 0 Å². The number of ether oxygens (including phenoxy) is 5. The van der Waals surface area contributed by atoms with Gasteiger partial charge in [0.15, 0.2) is 12.4 Å². The summed E-state index contributed by atoms with van der Waals surface area (Å²) in [6, 6.07) is 5.60. The molecule has 2 unspecified atom stereocenters. The average molecular weight is 637 g/mol. The fourth-order valence-electron chi connectivity index (χ4n) is 4.88. The molecule has 0 aromatic heterocycles. The van der Waals surface area contributed by atoms with Gasteiger partial charge < -0.3 is 74.7 Å². The van der Waals surface area contributed by atoms with E-state index in [0.29, 0.717) is 5.56 Å². The van der Waals surface area contributed by atoms with E-state index in [-0.39, 0.29) is 12.2 Å². The second-order valence-corrected chi connectivity index (χ2v) is 10.7.